The van der Waals surface area contributed by atoms with E-state index in [-0.39, 0.29) is 23.5 Å². The van der Waals surface area contributed by atoms with Gasteiger partial charge in [0, 0.05) is 23.3 Å². The summed E-state index contributed by atoms with van der Waals surface area (Å²) in [4.78, 5) is 12.6. The third-order valence-electron chi connectivity index (χ3n) is 4.18. The Labute approximate surface area is 119 Å². The molecular formula is C18H18O2. The fourth-order valence-electron chi connectivity index (χ4n) is 3.17. The highest BCUT2D eigenvalue weighted by molar-refractivity contribution is 6.00. The maximum atomic E-state index is 12.6. The molecule has 0 aromatic heterocycles. The standard InChI is InChI=1S/C18H18O2/c1-12(19)15-16(13-8-4-2-5-9-13)17(15)18(20)14-10-6-3-7-11-14/h2-12,15-17,19H,1H3/t12-,15-,16+,17+/m1/s1. The molecule has 102 valence electrons. The molecule has 0 heterocycles. The number of hydrogen-bond acceptors (Lipinski definition) is 2. The van der Waals surface area contributed by atoms with Crippen molar-refractivity contribution in [3.63, 3.8) is 0 Å². The van der Waals surface area contributed by atoms with E-state index in [1.165, 1.54) is 0 Å². The van der Waals surface area contributed by atoms with E-state index in [9.17, 15) is 9.90 Å². The molecule has 0 aliphatic heterocycles. The van der Waals surface area contributed by atoms with Gasteiger partial charge >= 0.3 is 0 Å². The normalized spacial score (nSPS) is 26.0. The second kappa shape index (κ2) is 5.22. The number of carbonyl (C=O) groups is 1. The van der Waals surface area contributed by atoms with Gasteiger partial charge in [0.25, 0.3) is 0 Å². The van der Waals surface area contributed by atoms with Crippen LogP contribution in [0.3, 0.4) is 0 Å². The van der Waals surface area contributed by atoms with Gasteiger partial charge in [-0.05, 0) is 12.5 Å². The van der Waals surface area contributed by atoms with Crippen molar-refractivity contribution in [1.29, 1.82) is 0 Å². The van der Waals surface area contributed by atoms with Crippen molar-refractivity contribution in [3.05, 3.63) is 71.8 Å². The van der Waals surface area contributed by atoms with Crippen LogP contribution >= 0.6 is 0 Å². The summed E-state index contributed by atoms with van der Waals surface area (Å²) in [6.07, 6.45) is -0.460. The minimum atomic E-state index is -0.460. The number of hydrogen-bond donors (Lipinski definition) is 1. The Balaban J connectivity index is 1.88. The SMILES string of the molecule is C[C@@H](O)[C@H]1[C@H](C(=O)c2ccccc2)[C@H]1c1ccccc1. The van der Waals surface area contributed by atoms with Crippen molar-refractivity contribution >= 4 is 5.78 Å². The van der Waals surface area contributed by atoms with Crippen molar-refractivity contribution in [2.24, 2.45) is 11.8 Å². The predicted molar refractivity (Wildman–Crippen MR) is 78.6 cm³/mol. The fourth-order valence-corrected chi connectivity index (χ4v) is 3.17. The number of carbonyl (C=O) groups excluding carboxylic acids is 1. The fraction of sp³-hybridized carbons (Fsp3) is 0.278. The van der Waals surface area contributed by atoms with Gasteiger partial charge in [0.2, 0.25) is 0 Å². The summed E-state index contributed by atoms with van der Waals surface area (Å²) in [5, 5.41) is 9.94. The van der Waals surface area contributed by atoms with Crippen LogP contribution in [-0.2, 0) is 0 Å². The van der Waals surface area contributed by atoms with Crippen LogP contribution in [0.15, 0.2) is 60.7 Å². The van der Waals surface area contributed by atoms with Gasteiger partial charge in [0.1, 0.15) is 0 Å². The molecule has 2 heteroatoms. The number of benzene rings is 2. The number of Topliss-reactive ketones (excluding diaryl/α,β-unsaturated/α-hetero) is 1. The van der Waals surface area contributed by atoms with E-state index in [0.717, 1.165) is 11.1 Å². The van der Waals surface area contributed by atoms with Crippen LogP contribution in [0.1, 0.15) is 28.8 Å². The van der Waals surface area contributed by atoms with Crippen molar-refractivity contribution in [3.8, 4) is 0 Å². The number of aliphatic hydroxyl groups excluding tert-OH is 1. The number of aliphatic hydroxyl groups is 1. The molecule has 1 aliphatic rings. The summed E-state index contributed by atoms with van der Waals surface area (Å²) in [6, 6.07) is 19.4. The Bertz CT molecular complexity index is 589. The minimum absolute atomic E-state index is 0.0325. The lowest BCUT2D eigenvalue weighted by Crippen LogP contribution is -2.10. The molecule has 0 unspecified atom stereocenters. The first-order valence-corrected chi connectivity index (χ1v) is 7.02. The first-order chi connectivity index (χ1) is 9.70. The molecule has 2 nitrogen and oxygen atoms in total. The lowest BCUT2D eigenvalue weighted by Gasteiger charge is -2.02. The zero-order valence-electron chi connectivity index (χ0n) is 11.4. The Kier molecular flexibility index (Phi) is 3.41. The van der Waals surface area contributed by atoms with Crippen LogP contribution in [0.5, 0.6) is 0 Å². The van der Waals surface area contributed by atoms with Crippen LogP contribution in [-0.4, -0.2) is 17.0 Å². The summed E-state index contributed by atoms with van der Waals surface area (Å²) in [5.41, 5.74) is 1.88. The summed E-state index contributed by atoms with van der Waals surface area (Å²) in [5.74, 6) is 0.221. The van der Waals surface area contributed by atoms with E-state index in [2.05, 4.69) is 0 Å². The predicted octanol–water partition coefficient (Wildman–Crippen LogP) is 3.28. The maximum Gasteiger partial charge on any atom is 0.166 e. The molecule has 1 saturated carbocycles. The lowest BCUT2D eigenvalue weighted by molar-refractivity contribution is 0.0932. The smallest absolute Gasteiger partial charge is 0.166 e. The van der Waals surface area contributed by atoms with Crippen molar-refractivity contribution < 1.29 is 9.90 Å². The van der Waals surface area contributed by atoms with Crippen LogP contribution in [0, 0.1) is 11.8 Å². The first kappa shape index (κ1) is 13.1. The number of rotatable bonds is 4. The van der Waals surface area contributed by atoms with Gasteiger partial charge in [-0.25, -0.2) is 0 Å². The van der Waals surface area contributed by atoms with Gasteiger partial charge in [-0.1, -0.05) is 60.7 Å². The van der Waals surface area contributed by atoms with Crippen LogP contribution in [0.2, 0.25) is 0 Å². The highest BCUT2D eigenvalue weighted by Crippen LogP contribution is 2.57. The van der Waals surface area contributed by atoms with E-state index in [4.69, 9.17) is 0 Å². The second-order valence-electron chi connectivity index (χ2n) is 5.51. The van der Waals surface area contributed by atoms with E-state index in [1.807, 2.05) is 60.7 Å². The van der Waals surface area contributed by atoms with Crippen LogP contribution < -0.4 is 0 Å². The quantitative estimate of drug-likeness (QED) is 0.862. The van der Waals surface area contributed by atoms with Gasteiger partial charge < -0.3 is 5.11 Å². The summed E-state index contributed by atoms with van der Waals surface area (Å²) < 4.78 is 0. The molecule has 0 spiro atoms. The van der Waals surface area contributed by atoms with Crippen LogP contribution in [0.25, 0.3) is 0 Å². The Morgan fingerprint density at radius 1 is 1.00 bits per heavy atom. The van der Waals surface area contributed by atoms with E-state index in [0.29, 0.717) is 0 Å². The van der Waals surface area contributed by atoms with Gasteiger partial charge in [-0.15, -0.1) is 0 Å². The average Bonchev–Trinajstić information content (AvgIpc) is 3.24. The first-order valence-electron chi connectivity index (χ1n) is 7.02. The third-order valence-corrected chi connectivity index (χ3v) is 4.18. The van der Waals surface area contributed by atoms with Crippen molar-refractivity contribution in [1.82, 2.24) is 0 Å². The van der Waals surface area contributed by atoms with Gasteiger partial charge in [-0.2, -0.15) is 0 Å². The zero-order valence-corrected chi connectivity index (χ0v) is 11.4. The molecule has 4 atom stereocenters. The molecule has 3 rings (SSSR count). The molecular weight excluding hydrogens is 248 g/mol. The Hall–Kier alpha value is -1.93. The zero-order chi connectivity index (χ0) is 14.1. The molecule has 0 saturated heterocycles. The van der Waals surface area contributed by atoms with Crippen LogP contribution in [0.4, 0.5) is 0 Å². The summed E-state index contributed by atoms with van der Waals surface area (Å²) in [6.45, 7) is 1.78. The molecule has 0 radical (unpaired) electrons. The van der Waals surface area contributed by atoms with E-state index in [1.54, 1.807) is 6.92 Å². The number of ketones is 1. The molecule has 1 N–H and O–H groups in total. The maximum absolute atomic E-state index is 12.6. The summed E-state index contributed by atoms with van der Waals surface area (Å²) in [7, 11) is 0. The topological polar surface area (TPSA) is 37.3 Å². The molecule has 1 fully saturated rings. The molecule has 0 amide bonds. The summed E-state index contributed by atoms with van der Waals surface area (Å²) >= 11 is 0. The highest BCUT2D eigenvalue weighted by atomic mass is 16.3. The van der Waals surface area contributed by atoms with Gasteiger partial charge in [-0.3, -0.25) is 4.79 Å². The molecule has 2 aromatic rings. The Morgan fingerprint density at radius 3 is 2.10 bits per heavy atom. The second-order valence-corrected chi connectivity index (χ2v) is 5.51. The largest absolute Gasteiger partial charge is 0.393 e. The lowest BCUT2D eigenvalue weighted by atomic mass is 10.0. The van der Waals surface area contributed by atoms with E-state index >= 15 is 0 Å². The highest BCUT2D eigenvalue weighted by Gasteiger charge is 2.57. The van der Waals surface area contributed by atoms with Crippen molar-refractivity contribution in [2.45, 2.75) is 18.9 Å². The monoisotopic (exact) mass is 266 g/mol. The Morgan fingerprint density at radius 2 is 1.55 bits per heavy atom. The minimum Gasteiger partial charge on any atom is -0.393 e. The molecule has 20 heavy (non-hydrogen) atoms. The average molecular weight is 266 g/mol. The molecule has 1 aliphatic carbocycles. The van der Waals surface area contributed by atoms with E-state index < -0.39 is 6.10 Å². The van der Waals surface area contributed by atoms with Gasteiger partial charge in [0.15, 0.2) is 5.78 Å². The third kappa shape index (κ3) is 2.27. The van der Waals surface area contributed by atoms with Gasteiger partial charge in [0.05, 0.1) is 6.10 Å². The molecule has 0 bridgehead atoms. The molecule has 2 aromatic carbocycles. The van der Waals surface area contributed by atoms with Crippen molar-refractivity contribution in [2.75, 3.05) is 0 Å².